The Morgan fingerprint density at radius 2 is 1.13 bits per heavy atom. The van der Waals surface area contributed by atoms with Crippen LogP contribution in [0, 0.1) is 11.6 Å². The number of hydrogen-bond acceptors (Lipinski definition) is 2. The molecule has 3 nitrogen and oxygen atoms in total. The van der Waals surface area contributed by atoms with Gasteiger partial charge in [-0.1, -0.05) is 6.92 Å². The second kappa shape index (κ2) is 8.41. The highest BCUT2D eigenvalue weighted by Gasteiger charge is 2.40. The van der Waals surface area contributed by atoms with Crippen LogP contribution in [0.25, 0.3) is 0 Å². The molecule has 0 radical (unpaired) electrons. The van der Waals surface area contributed by atoms with Crippen LogP contribution in [0.4, 0.5) is 35.1 Å². The van der Waals surface area contributed by atoms with E-state index in [0.29, 0.717) is 12.1 Å². The van der Waals surface area contributed by atoms with Gasteiger partial charge in [0.1, 0.15) is 11.6 Å². The number of imide groups is 1. The topological polar surface area (TPSA) is 37.4 Å². The van der Waals surface area contributed by atoms with Gasteiger partial charge in [-0.25, -0.2) is 8.78 Å². The van der Waals surface area contributed by atoms with Gasteiger partial charge in [0.25, 0.3) is 11.8 Å². The second-order valence-electron chi connectivity index (χ2n) is 6.14. The summed E-state index contributed by atoms with van der Waals surface area (Å²) in [6, 6.07) is 1.91. The average Bonchev–Trinajstić information content (AvgIpc) is 2.63. The lowest BCUT2D eigenvalue weighted by atomic mass is 10.0. The molecule has 2 rings (SSSR count). The van der Waals surface area contributed by atoms with Crippen LogP contribution in [-0.4, -0.2) is 23.3 Å². The highest BCUT2D eigenvalue weighted by Crippen LogP contribution is 2.35. The third kappa shape index (κ3) is 4.95. The highest BCUT2D eigenvalue weighted by molar-refractivity contribution is 6.11. The molecule has 0 aliphatic rings. The molecular formula is C19H13F8NO2. The Kier molecular flexibility index (Phi) is 6.53. The van der Waals surface area contributed by atoms with Gasteiger partial charge in [-0.3, -0.25) is 14.5 Å². The normalized spacial score (nSPS) is 12.0. The molecule has 0 spiro atoms. The summed E-state index contributed by atoms with van der Waals surface area (Å²) < 4.78 is 106. The molecule has 0 aromatic heterocycles. The minimum absolute atomic E-state index is 0.0369. The Labute approximate surface area is 164 Å². The molecule has 0 unspecified atom stereocenters. The zero-order chi connectivity index (χ0) is 22.9. The van der Waals surface area contributed by atoms with E-state index in [1.54, 1.807) is 0 Å². The molecule has 0 bridgehead atoms. The summed E-state index contributed by atoms with van der Waals surface area (Å²) in [5, 5.41) is 0. The minimum Gasteiger partial charge on any atom is -0.274 e. The monoisotopic (exact) mass is 439 g/mol. The van der Waals surface area contributed by atoms with Gasteiger partial charge in [0.05, 0.1) is 22.3 Å². The zero-order valence-corrected chi connectivity index (χ0v) is 15.2. The van der Waals surface area contributed by atoms with Crippen LogP contribution in [-0.2, 0) is 12.4 Å². The first-order valence-electron chi connectivity index (χ1n) is 8.37. The van der Waals surface area contributed by atoms with E-state index in [-0.39, 0.29) is 35.6 Å². The van der Waals surface area contributed by atoms with Crippen LogP contribution in [0.5, 0.6) is 0 Å². The lowest BCUT2D eigenvalue weighted by Crippen LogP contribution is -2.39. The lowest BCUT2D eigenvalue weighted by molar-refractivity contribution is -0.138. The molecule has 11 heteroatoms. The molecular weight excluding hydrogens is 426 g/mol. The van der Waals surface area contributed by atoms with Crippen LogP contribution < -0.4 is 0 Å². The summed E-state index contributed by atoms with van der Waals surface area (Å²) >= 11 is 0. The number of halogens is 8. The first kappa shape index (κ1) is 23.3. The second-order valence-corrected chi connectivity index (χ2v) is 6.14. The van der Waals surface area contributed by atoms with Crippen molar-refractivity contribution in [1.82, 2.24) is 4.90 Å². The standard InChI is InChI=1S/C19H13F8NO2/c1-2-7-28(16(29)12-8-10(20)3-5-14(12)18(22,23)24)17(30)13-9-11(21)4-6-15(13)19(25,26)27/h3-6,8-9H,2,7H2,1H3. The van der Waals surface area contributed by atoms with Crippen LogP contribution in [0.2, 0.25) is 0 Å². The first-order chi connectivity index (χ1) is 13.8. The number of carbonyl (C=O) groups is 2. The quantitative estimate of drug-likeness (QED) is 0.453. The molecule has 2 amide bonds. The largest absolute Gasteiger partial charge is 0.417 e. The number of hydrogen-bond donors (Lipinski definition) is 0. The smallest absolute Gasteiger partial charge is 0.274 e. The van der Waals surface area contributed by atoms with Crippen LogP contribution >= 0.6 is 0 Å². The molecule has 0 aliphatic carbocycles. The fourth-order valence-electron chi connectivity index (χ4n) is 2.69. The van der Waals surface area contributed by atoms with Gasteiger partial charge in [-0.2, -0.15) is 26.3 Å². The van der Waals surface area contributed by atoms with E-state index in [0.717, 1.165) is 0 Å². The van der Waals surface area contributed by atoms with Crippen molar-refractivity contribution in [2.75, 3.05) is 6.54 Å². The summed E-state index contributed by atoms with van der Waals surface area (Å²) in [4.78, 5) is 25.5. The third-order valence-electron chi connectivity index (χ3n) is 3.97. The minimum atomic E-state index is -5.10. The Morgan fingerprint density at radius 1 is 0.767 bits per heavy atom. The Balaban J connectivity index is 2.63. The molecule has 0 saturated heterocycles. The van der Waals surface area contributed by atoms with Crippen LogP contribution in [0.3, 0.4) is 0 Å². The van der Waals surface area contributed by atoms with E-state index in [2.05, 4.69) is 0 Å². The summed E-state index contributed by atoms with van der Waals surface area (Å²) in [7, 11) is 0. The molecule has 0 saturated carbocycles. The Morgan fingerprint density at radius 3 is 1.43 bits per heavy atom. The van der Waals surface area contributed by atoms with E-state index in [4.69, 9.17) is 0 Å². The third-order valence-corrected chi connectivity index (χ3v) is 3.97. The average molecular weight is 439 g/mol. The fraction of sp³-hybridized carbons (Fsp3) is 0.263. The van der Waals surface area contributed by atoms with Gasteiger partial charge >= 0.3 is 12.4 Å². The highest BCUT2D eigenvalue weighted by atomic mass is 19.4. The van der Waals surface area contributed by atoms with Crippen molar-refractivity contribution in [3.63, 3.8) is 0 Å². The van der Waals surface area contributed by atoms with Crippen LogP contribution in [0.1, 0.15) is 45.2 Å². The van der Waals surface area contributed by atoms with Crippen LogP contribution in [0.15, 0.2) is 36.4 Å². The Hall–Kier alpha value is -2.98. The molecule has 0 aliphatic heterocycles. The first-order valence-corrected chi connectivity index (χ1v) is 8.37. The molecule has 2 aromatic carbocycles. The molecule has 2 aromatic rings. The van der Waals surface area contributed by atoms with Gasteiger partial charge in [-0.15, -0.1) is 0 Å². The maximum absolute atomic E-state index is 13.5. The van der Waals surface area contributed by atoms with E-state index in [1.165, 1.54) is 6.92 Å². The predicted octanol–water partition coefficient (Wildman–Crippen LogP) is 5.70. The maximum atomic E-state index is 13.5. The zero-order valence-electron chi connectivity index (χ0n) is 15.2. The SMILES string of the molecule is CCCN(C(=O)c1cc(F)ccc1C(F)(F)F)C(=O)c1cc(F)ccc1C(F)(F)F. The number of amides is 2. The van der Waals surface area contributed by atoms with Crippen molar-refractivity contribution in [1.29, 1.82) is 0 Å². The molecule has 30 heavy (non-hydrogen) atoms. The molecule has 0 heterocycles. The van der Waals surface area contributed by atoms with Gasteiger partial charge in [-0.05, 0) is 42.8 Å². The summed E-state index contributed by atoms with van der Waals surface area (Å²) in [5.41, 5.74) is -5.65. The van der Waals surface area contributed by atoms with E-state index < -0.39 is 64.6 Å². The van der Waals surface area contributed by atoms with Gasteiger partial charge in [0.15, 0.2) is 0 Å². The van der Waals surface area contributed by atoms with E-state index >= 15 is 0 Å². The van der Waals surface area contributed by atoms with Crippen molar-refractivity contribution in [3.8, 4) is 0 Å². The van der Waals surface area contributed by atoms with E-state index in [9.17, 15) is 44.7 Å². The van der Waals surface area contributed by atoms with Crippen molar-refractivity contribution in [2.24, 2.45) is 0 Å². The van der Waals surface area contributed by atoms with E-state index in [1.807, 2.05) is 0 Å². The number of nitrogens with zero attached hydrogens (tertiary/aromatic N) is 1. The molecule has 162 valence electrons. The van der Waals surface area contributed by atoms with Gasteiger partial charge < -0.3 is 0 Å². The molecule has 0 N–H and O–H groups in total. The van der Waals surface area contributed by atoms with Crippen molar-refractivity contribution >= 4 is 11.8 Å². The maximum Gasteiger partial charge on any atom is 0.417 e. The molecule has 0 fully saturated rings. The fourth-order valence-corrected chi connectivity index (χ4v) is 2.69. The number of benzene rings is 2. The lowest BCUT2D eigenvalue weighted by Gasteiger charge is -2.24. The summed E-state index contributed by atoms with van der Waals surface area (Å²) in [6.45, 7) is 0.819. The van der Waals surface area contributed by atoms with Gasteiger partial charge in [0.2, 0.25) is 0 Å². The summed E-state index contributed by atoms with van der Waals surface area (Å²) in [6.07, 6.45) is -10.2. The number of alkyl halides is 6. The molecule has 0 atom stereocenters. The Bertz CT molecular complexity index is 890. The predicted molar refractivity (Wildman–Crippen MR) is 88.5 cm³/mol. The number of carbonyl (C=O) groups excluding carboxylic acids is 2. The summed E-state index contributed by atoms with van der Waals surface area (Å²) in [5.74, 6) is -5.77. The van der Waals surface area contributed by atoms with Crippen molar-refractivity contribution in [2.45, 2.75) is 25.7 Å². The van der Waals surface area contributed by atoms with Crippen molar-refractivity contribution < 1.29 is 44.7 Å². The van der Waals surface area contributed by atoms with Crippen molar-refractivity contribution in [3.05, 3.63) is 70.3 Å². The van der Waals surface area contributed by atoms with Gasteiger partial charge in [0, 0.05) is 6.54 Å². The number of rotatable bonds is 4.